The van der Waals surface area contributed by atoms with E-state index in [0.29, 0.717) is 5.13 Å². The van der Waals surface area contributed by atoms with E-state index in [2.05, 4.69) is 15.5 Å². The normalized spacial score (nSPS) is 20.7. The first kappa shape index (κ1) is 16.6. The van der Waals surface area contributed by atoms with Crippen LogP contribution in [0, 0.1) is 5.92 Å². The highest BCUT2D eigenvalue weighted by molar-refractivity contribution is 7.15. The lowest BCUT2D eigenvalue weighted by molar-refractivity contribution is -0.127. The molecule has 1 saturated heterocycles. The minimum Gasteiger partial charge on any atom is -0.338 e. The largest absolute Gasteiger partial charge is 0.338 e. The number of carbonyl (C=O) groups is 2. The highest BCUT2D eigenvalue weighted by atomic mass is 32.1. The Morgan fingerprint density at radius 3 is 2.62 bits per heavy atom. The van der Waals surface area contributed by atoms with Crippen LogP contribution in [0.4, 0.5) is 5.13 Å². The number of benzene rings is 1. The molecule has 1 aliphatic rings. The Labute approximate surface area is 144 Å². The number of hydrogen-bond donors (Lipinski definition) is 1. The third kappa shape index (κ3) is 3.17. The molecule has 2 unspecified atom stereocenters. The number of likely N-dealkylation sites (tertiary alicyclic amines) is 1. The van der Waals surface area contributed by atoms with Crippen LogP contribution in [0.2, 0.25) is 0 Å². The van der Waals surface area contributed by atoms with Crippen molar-refractivity contribution in [2.75, 3.05) is 12.4 Å². The molecule has 0 spiro atoms. The van der Waals surface area contributed by atoms with Crippen molar-refractivity contribution in [3.63, 3.8) is 0 Å². The SMILES string of the molecule is CC(C)c1nnc(NC(=O)C2CC(=O)N(C)C2c2ccccc2)s1. The van der Waals surface area contributed by atoms with Crippen molar-refractivity contribution in [3.05, 3.63) is 40.9 Å². The molecule has 7 heteroatoms. The molecule has 0 bridgehead atoms. The van der Waals surface area contributed by atoms with E-state index in [0.717, 1.165) is 10.6 Å². The lowest BCUT2D eigenvalue weighted by Gasteiger charge is -2.24. The fourth-order valence-electron chi connectivity index (χ4n) is 2.93. The van der Waals surface area contributed by atoms with E-state index in [4.69, 9.17) is 0 Å². The number of hydrogen-bond acceptors (Lipinski definition) is 5. The summed E-state index contributed by atoms with van der Waals surface area (Å²) in [5, 5.41) is 12.3. The summed E-state index contributed by atoms with van der Waals surface area (Å²) in [5.41, 5.74) is 0.964. The lowest BCUT2D eigenvalue weighted by Crippen LogP contribution is -2.29. The minimum atomic E-state index is -0.434. The van der Waals surface area contributed by atoms with Gasteiger partial charge in [-0.3, -0.25) is 9.59 Å². The molecule has 1 aromatic heterocycles. The summed E-state index contributed by atoms with van der Waals surface area (Å²) < 4.78 is 0. The lowest BCUT2D eigenvalue weighted by atomic mass is 9.93. The van der Waals surface area contributed by atoms with Crippen molar-refractivity contribution in [2.45, 2.75) is 32.2 Å². The van der Waals surface area contributed by atoms with Crippen LogP contribution in [0.5, 0.6) is 0 Å². The average molecular weight is 344 g/mol. The predicted octanol–water partition coefficient (Wildman–Crippen LogP) is 2.82. The first-order chi connectivity index (χ1) is 11.5. The Kier molecular flexibility index (Phi) is 4.62. The summed E-state index contributed by atoms with van der Waals surface area (Å²) in [7, 11) is 1.75. The molecule has 2 aromatic rings. The van der Waals surface area contributed by atoms with Gasteiger partial charge in [0.15, 0.2) is 0 Å². The van der Waals surface area contributed by atoms with Crippen LogP contribution >= 0.6 is 11.3 Å². The van der Waals surface area contributed by atoms with Crippen LogP contribution in [0.3, 0.4) is 0 Å². The summed E-state index contributed by atoms with van der Waals surface area (Å²) in [4.78, 5) is 26.5. The summed E-state index contributed by atoms with van der Waals surface area (Å²) >= 11 is 1.37. The number of rotatable bonds is 4. The first-order valence-electron chi connectivity index (χ1n) is 7.92. The molecule has 2 atom stereocenters. The van der Waals surface area contributed by atoms with Crippen molar-refractivity contribution in [3.8, 4) is 0 Å². The second-order valence-corrected chi connectivity index (χ2v) is 7.27. The van der Waals surface area contributed by atoms with Gasteiger partial charge >= 0.3 is 0 Å². The van der Waals surface area contributed by atoms with Crippen LogP contribution in [-0.2, 0) is 9.59 Å². The molecule has 0 aliphatic carbocycles. The third-order valence-corrected chi connectivity index (χ3v) is 5.37. The maximum Gasteiger partial charge on any atom is 0.232 e. The fraction of sp³-hybridized carbons (Fsp3) is 0.412. The van der Waals surface area contributed by atoms with E-state index in [9.17, 15) is 9.59 Å². The zero-order chi connectivity index (χ0) is 17.3. The predicted molar refractivity (Wildman–Crippen MR) is 92.7 cm³/mol. The molecular formula is C17H20N4O2S. The Bertz CT molecular complexity index is 744. The van der Waals surface area contributed by atoms with Crippen molar-refractivity contribution >= 4 is 28.3 Å². The molecule has 2 amide bonds. The molecule has 1 aliphatic heterocycles. The summed E-state index contributed by atoms with van der Waals surface area (Å²) in [5.74, 6) is -0.377. The smallest absolute Gasteiger partial charge is 0.232 e. The molecule has 1 N–H and O–H groups in total. The van der Waals surface area contributed by atoms with Gasteiger partial charge in [-0.15, -0.1) is 10.2 Å². The van der Waals surface area contributed by atoms with Gasteiger partial charge in [0.2, 0.25) is 16.9 Å². The Hall–Kier alpha value is -2.28. The maximum absolute atomic E-state index is 12.7. The summed E-state index contributed by atoms with van der Waals surface area (Å²) in [6.45, 7) is 4.06. The molecule has 6 nitrogen and oxygen atoms in total. The molecule has 0 radical (unpaired) electrons. The molecule has 1 aromatic carbocycles. The number of nitrogens with one attached hydrogen (secondary N) is 1. The molecule has 3 rings (SSSR count). The van der Waals surface area contributed by atoms with E-state index in [1.54, 1.807) is 11.9 Å². The van der Waals surface area contributed by atoms with Crippen LogP contribution in [0.1, 0.15) is 42.8 Å². The quantitative estimate of drug-likeness (QED) is 0.925. The van der Waals surface area contributed by atoms with Gasteiger partial charge in [-0.2, -0.15) is 0 Å². The number of amides is 2. The van der Waals surface area contributed by atoms with E-state index in [1.807, 2.05) is 44.2 Å². The van der Waals surface area contributed by atoms with Gasteiger partial charge in [-0.25, -0.2) is 0 Å². The van der Waals surface area contributed by atoms with Crippen molar-refractivity contribution < 1.29 is 9.59 Å². The molecule has 24 heavy (non-hydrogen) atoms. The van der Waals surface area contributed by atoms with Gasteiger partial charge in [-0.05, 0) is 5.56 Å². The van der Waals surface area contributed by atoms with Gasteiger partial charge in [-0.1, -0.05) is 55.5 Å². The van der Waals surface area contributed by atoms with Crippen LogP contribution in [0.15, 0.2) is 30.3 Å². The van der Waals surface area contributed by atoms with E-state index in [-0.39, 0.29) is 30.2 Å². The van der Waals surface area contributed by atoms with Crippen LogP contribution in [-0.4, -0.2) is 34.0 Å². The fourth-order valence-corrected chi connectivity index (χ4v) is 3.68. The van der Waals surface area contributed by atoms with Gasteiger partial charge in [0.05, 0.1) is 12.0 Å². The van der Waals surface area contributed by atoms with Gasteiger partial charge in [0, 0.05) is 19.4 Å². The highest BCUT2D eigenvalue weighted by Crippen LogP contribution is 2.37. The zero-order valence-corrected chi connectivity index (χ0v) is 14.7. The van der Waals surface area contributed by atoms with Gasteiger partial charge in [0.25, 0.3) is 0 Å². The van der Waals surface area contributed by atoms with Crippen LogP contribution < -0.4 is 5.32 Å². The van der Waals surface area contributed by atoms with Gasteiger partial charge < -0.3 is 10.2 Å². The minimum absolute atomic E-state index is 0.0239. The monoisotopic (exact) mass is 344 g/mol. The van der Waals surface area contributed by atoms with Crippen LogP contribution in [0.25, 0.3) is 0 Å². The van der Waals surface area contributed by atoms with Crippen molar-refractivity contribution in [1.29, 1.82) is 0 Å². The van der Waals surface area contributed by atoms with Crippen molar-refractivity contribution in [2.24, 2.45) is 5.92 Å². The van der Waals surface area contributed by atoms with E-state index < -0.39 is 5.92 Å². The molecule has 126 valence electrons. The summed E-state index contributed by atoms with van der Waals surface area (Å²) in [6, 6.07) is 9.39. The molecule has 0 saturated carbocycles. The molecule has 1 fully saturated rings. The Morgan fingerprint density at radius 1 is 1.29 bits per heavy atom. The third-order valence-electron chi connectivity index (χ3n) is 4.23. The number of nitrogens with zero attached hydrogens (tertiary/aromatic N) is 3. The highest BCUT2D eigenvalue weighted by Gasteiger charge is 2.42. The topological polar surface area (TPSA) is 75.2 Å². The second kappa shape index (κ2) is 6.68. The molecule has 2 heterocycles. The van der Waals surface area contributed by atoms with Crippen molar-refractivity contribution in [1.82, 2.24) is 15.1 Å². The first-order valence-corrected chi connectivity index (χ1v) is 8.74. The molecular weight excluding hydrogens is 324 g/mol. The average Bonchev–Trinajstić information content (AvgIpc) is 3.14. The number of carbonyl (C=O) groups excluding carboxylic acids is 2. The van der Waals surface area contributed by atoms with Gasteiger partial charge in [0.1, 0.15) is 5.01 Å². The van der Waals surface area contributed by atoms with E-state index >= 15 is 0 Å². The van der Waals surface area contributed by atoms with E-state index in [1.165, 1.54) is 11.3 Å². The summed E-state index contributed by atoms with van der Waals surface area (Å²) in [6.07, 6.45) is 0.206. The Balaban J connectivity index is 1.80. The number of anilines is 1. The maximum atomic E-state index is 12.7. The Morgan fingerprint density at radius 2 is 2.00 bits per heavy atom. The number of aromatic nitrogens is 2. The standard InChI is InChI=1S/C17H20N4O2S/c1-10(2)16-19-20-17(24-16)18-15(23)12-9-13(22)21(3)14(12)11-7-5-4-6-8-11/h4-8,10,12,14H,9H2,1-3H3,(H,18,20,23). The second-order valence-electron chi connectivity index (χ2n) is 6.26. The zero-order valence-electron chi connectivity index (χ0n) is 13.9.